The van der Waals surface area contributed by atoms with Crippen LogP contribution in [0, 0.1) is 6.92 Å². The van der Waals surface area contributed by atoms with Gasteiger partial charge in [0.15, 0.2) is 0 Å². The van der Waals surface area contributed by atoms with Gasteiger partial charge in [-0.15, -0.1) is 0 Å². The molecule has 18 heavy (non-hydrogen) atoms. The van der Waals surface area contributed by atoms with E-state index in [9.17, 15) is 0 Å². The van der Waals surface area contributed by atoms with Crippen LogP contribution >= 0.6 is 12.2 Å². The first kappa shape index (κ1) is 13.2. The molecule has 0 amide bonds. The smallest absolute Gasteiger partial charge is 0.139 e. The van der Waals surface area contributed by atoms with Crippen molar-refractivity contribution in [1.29, 1.82) is 0 Å². The first-order valence-corrected chi connectivity index (χ1v) is 6.58. The standard InChI is InChI=1S/C13H20N4S/c1-9-4-5-11(12(14)18)13(15-9)17-7-6-10(8-17)16(2)3/h4-5,10H,6-8H2,1-3H3,(H2,14,18). The maximum atomic E-state index is 5.78. The van der Waals surface area contributed by atoms with E-state index in [0.29, 0.717) is 11.0 Å². The highest BCUT2D eigenvalue weighted by Gasteiger charge is 2.26. The minimum Gasteiger partial charge on any atom is -0.389 e. The van der Waals surface area contributed by atoms with E-state index in [1.807, 2.05) is 19.1 Å². The van der Waals surface area contributed by atoms with Crippen molar-refractivity contribution in [3.05, 3.63) is 23.4 Å². The van der Waals surface area contributed by atoms with Crippen LogP contribution in [0.4, 0.5) is 5.82 Å². The zero-order chi connectivity index (χ0) is 13.3. The van der Waals surface area contributed by atoms with E-state index in [1.54, 1.807) is 0 Å². The summed E-state index contributed by atoms with van der Waals surface area (Å²) in [5.41, 5.74) is 7.66. The van der Waals surface area contributed by atoms with Crippen LogP contribution in [0.2, 0.25) is 0 Å². The molecule has 0 saturated carbocycles. The second-order valence-corrected chi connectivity index (χ2v) is 5.48. The van der Waals surface area contributed by atoms with Crippen LogP contribution in [0.15, 0.2) is 12.1 Å². The molecule has 98 valence electrons. The molecule has 2 rings (SSSR count). The Morgan fingerprint density at radius 1 is 1.50 bits per heavy atom. The second kappa shape index (κ2) is 5.20. The maximum absolute atomic E-state index is 5.78. The number of hydrogen-bond acceptors (Lipinski definition) is 4. The summed E-state index contributed by atoms with van der Waals surface area (Å²) in [6.07, 6.45) is 1.15. The molecule has 1 aliphatic heterocycles. The summed E-state index contributed by atoms with van der Waals surface area (Å²) in [6, 6.07) is 4.51. The Bertz CT molecular complexity index is 458. The Morgan fingerprint density at radius 2 is 2.22 bits per heavy atom. The molecule has 0 radical (unpaired) electrons. The fraction of sp³-hybridized carbons (Fsp3) is 0.538. The van der Waals surface area contributed by atoms with Gasteiger partial charge >= 0.3 is 0 Å². The van der Waals surface area contributed by atoms with Crippen LogP contribution in [-0.2, 0) is 0 Å². The molecule has 5 heteroatoms. The van der Waals surface area contributed by atoms with E-state index < -0.39 is 0 Å². The Balaban J connectivity index is 2.28. The lowest BCUT2D eigenvalue weighted by molar-refractivity contribution is 0.315. The van der Waals surface area contributed by atoms with Crippen molar-refractivity contribution in [2.75, 3.05) is 32.1 Å². The lowest BCUT2D eigenvalue weighted by Crippen LogP contribution is -2.32. The van der Waals surface area contributed by atoms with Crippen LogP contribution < -0.4 is 10.6 Å². The van der Waals surface area contributed by atoms with Gasteiger partial charge in [0.2, 0.25) is 0 Å². The quantitative estimate of drug-likeness (QED) is 0.830. The van der Waals surface area contributed by atoms with Crippen molar-refractivity contribution in [3.8, 4) is 0 Å². The first-order valence-electron chi connectivity index (χ1n) is 6.18. The van der Waals surface area contributed by atoms with Crippen molar-refractivity contribution in [3.63, 3.8) is 0 Å². The molecule has 1 fully saturated rings. The fourth-order valence-corrected chi connectivity index (χ4v) is 2.49. The lowest BCUT2D eigenvalue weighted by Gasteiger charge is -2.23. The summed E-state index contributed by atoms with van der Waals surface area (Å²) in [7, 11) is 4.23. The number of nitrogens with zero attached hydrogens (tertiary/aromatic N) is 3. The van der Waals surface area contributed by atoms with Crippen molar-refractivity contribution in [2.24, 2.45) is 5.73 Å². The number of likely N-dealkylation sites (N-methyl/N-ethyl adjacent to an activating group) is 1. The van der Waals surface area contributed by atoms with Gasteiger partial charge < -0.3 is 15.5 Å². The molecule has 0 bridgehead atoms. The number of nitrogens with two attached hydrogens (primary N) is 1. The minimum absolute atomic E-state index is 0.422. The van der Waals surface area contributed by atoms with Gasteiger partial charge in [0, 0.05) is 24.8 Å². The molecule has 2 N–H and O–H groups in total. The summed E-state index contributed by atoms with van der Waals surface area (Å²) >= 11 is 5.11. The van der Waals surface area contributed by atoms with Crippen molar-refractivity contribution in [1.82, 2.24) is 9.88 Å². The third-order valence-corrected chi connectivity index (χ3v) is 3.69. The Kier molecular flexibility index (Phi) is 3.82. The molecular formula is C13H20N4S. The summed E-state index contributed by atoms with van der Waals surface area (Å²) in [4.78, 5) is 9.58. The van der Waals surface area contributed by atoms with Crippen LogP contribution in [0.5, 0.6) is 0 Å². The van der Waals surface area contributed by atoms with Gasteiger partial charge in [0.25, 0.3) is 0 Å². The fourth-order valence-electron chi connectivity index (χ4n) is 2.33. The highest BCUT2D eigenvalue weighted by molar-refractivity contribution is 7.80. The molecule has 4 nitrogen and oxygen atoms in total. The third kappa shape index (κ3) is 2.62. The number of hydrogen-bond donors (Lipinski definition) is 1. The average Bonchev–Trinajstić information content (AvgIpc) is 2.77. The van der Waals surface area contributed by atoms with E-state index in [4.69, 9.17) is 18.0 Å². The Morgan fingerprint density at radius 3 is 2.78 bits per heavy atom. The third-order valence-electron chi connectivity index (χ3n) is 3.47. The maximum Gasteiger partial charge on any atom is 0.139 e. The molecule has 1 atom stereocenters. The number of rotatable bonds is 3. The summed E-state index contributed by atoms with van der Waals surface area (Å²) in [5, 5.41) is 0. The van der Waals surface area contributed by atoms with Crippen LogP contribution in [0.1, 0.15) is 17.7 Å². The van der Waals surface area contributed by atoms with Crippen molar-refractivity contribution in [2.45, 2.75) is 19.4 Å². The van der Waals surface area contributed by atoms with Gasteiger partial charge in [-0.3, -0.25) is 0 Å². The number of thiocarbonyl (C=S) groups is 1. The topological polar surface area (TPSA) is 45.4 Å². The molecule has 1 aromatic rings. The van der Waals surface area contributed by atoms with Gasteiger partial charge in [0.05, 0.1) is 5.56 Å². The predicted octanol–water partition coefficient (Wildman–Crippen LogP) is 1.16. The van der Waals surface area contributed by atoms with Gasteiger partial charge in [0.1, 0.15) is 10.8 Å². The van der Waals surface area contributed by atoms with Gasteiger partial charge in [-0.2, -0.15) is 0 Å². The van der Waals surface area contributed by atoms with E-state index in [-0.39, 0.29) is 0 Å². The largest absolute Gasteiger partial charge is 0.389 e. The number of pyridine rings is 1. The molecule has 0 spiro atoms. The lowest BCUT2D eigenvalue weighted by atomic mass is 10.2. The molecule has 1 unspecified atom stereocenters. The minimum atomic E-state index is 0.422. The molecule has 0 aliphatic carbocycles. The highest BCUT2D eigenvalue weighted by atomic mass is 32.1. The van der Waals surface area contributed by atoms with Gasteiger partial charge in [-0.05, 0) is 39.6 Å². The summed E-state index contributed by atoms with van der Waals surface area (Å²) in [5.74, 6) is 0.937. The molecule has 1 aliphatic rings. The average molecular weight is 264 g/mol. The SMILES string of the molecule is Cc1ccc(C(N)=S)c(N2CCC(N(C)C)C2)n1. The van der Waals surface area contributed by atoms with Crippen molar-refractivity contribution < 1.29 is 0 Å². The molecule has 2 heterocycles. The molecule has 1 saturated heterocycles. The Hall–Kier alpha value is -1.20. The molecule has 1 aromatic heterocycles. The molecule has 0 aromatic carbocycles. The van der Waals surface area contributed by atoms with E-state index in [2.05, 4.69) is 28.9 Å². The van der Waals surface area contributed by atoms with E-state index in [1.165, 1.54) is 0 Å². The predicted molar refractivity (Wildman–Crippen MR) is 79.2 cm³/mol. The monoisotopic (exact) mass is 264 g/mol. The van der Waals surface area contributed by atoms with E-state index in [0.717, 1.165) is 36.6 Å². The second-order valence-electron chi connectivity index (χ2n) is 5.04. The first-order chi connectivity index (χ1) is 8.49. The Labute approximate surface area is 114 Å². The van der Waals surface area contributed by atoms with Crippen LogP contribution in [-0.4, -0.2) is 48.1 Å². The zero-order valence-corrected chi connectivity index (χ0v) is 12.0. The molecular weight excluding hydrogens is 244 g/mol. The van der Waals surface area contributed by atoms with Crippen molar-refractivity contribution >= 4 is 23.0 Å². The van der Waals surface area contributed by atoms with E-state index >= 15 is 0 Å². The van der Waals surface area contributed by atoms with Gasteiger partial charge in [-0.1, -0.05) is 12.2 Å². The summed E-state index contributed by atoms with van der Waals surface area (Å²) in [6.45, 7) is 3.99. The van der Waals surface area contributed by atoms with Crippen LogP contribution in [0.3, 0.4) is 0 Å². The van der Waals surface area contributed by atoms with Crippen LogP contribution in [0.25, 0.3) is 0 Å². The van der Waals surface area contributed by atoms with Gasteiger partial charge in [-0.25, -0.2) is 4.98 Å². The zero-order valence-electron chi connectivity index (χ0n) is 11.2. The highest BCUT2D eigenvalue weighted by Crippen LogP contribution is 2.24. The normalized spacial score (nSPS) is 19.6. The number of aryl methyl sites for hydroxylation is 1. The number of anilines is 1. The summed E-state index contributed by atoms with van der Waals surface area (Å²) < 4.78 is 0. The number of aromatic nitrogens is 1.